The molecule has 0 aliphatic heterocycles. The second kappa shape index (κ2) is 4.11. The van der Waals surface area contributed by atoms with Gasteiger partial charge in [0.25, 0.3) is 0 Å². The molecule has 0 amide bonds. The average molecular weight is 204 g/mol. The minimum Gasteiger partial charge on any atom is -0.292 e. The SMILES string of the molecule is O=C(Cc1ccccc1)c1csnn1. The van der Waals surface area contributed by atoms with Crippen LogP contribution in [0.5, 0.6) is 0 Å². The van der Waals surface area contributed by atoms with E-state index >= 15 is 0 Å². The maximum Gasteiger partial charge on any atom is 0.188 e. The molecule has 2 rings (SSSR count). The summed E-state index contributed by atoms with van der Waals surface area (Å²) in [6.45, 7) is 0. The minimum atomic E-state index is 0.0185. The Morgan fingerprint density at radius 1 is 1.29 bits per heavy atom. The van der Waals surface area contributed by atoms with E-state index in [9.17, 15) is 4.79 Å². The molecule has 0 bridgehead atoms. The van der Waals surface area contributed by atoms with Crippen LogP contribution in [0.25, 0.3) is 0 Å². The van der Waals surface area contributed by atoms with Gasteiger partial charge in [-0.15, -0.1) is 5.10 Å². The molecule has 70 valence electrons. The molecule has 0 unspecified atom stereocenters. The van der Waals surface area contributed by atoms with E-state index in [1.54, 1.807) is 5.38 Å². The highest BCUT2D eigenvalue weighted by Gasteiger charge is 2.08. The van der Waals surface area contributed by atoms with Crippen molar-refractivity contribution in [1.29, 1.82) is 0 Å². The largest absolute Gasteiger partial charge is 0.292 e. The Balaban J connectivity index is 2.10. The molecule has 0 spiro atoms. The number of benzene rings is 1. The normalized spacial score (nSPS) is 10.0. The van der Waals surface area contributed by atoms with Crippen molar-refractivity contribution in [2.24, 2.45) is 0 Å². The number of rotatable bonds is 3. The fourth-order valence-corrected chi connectivity index (χ4v) is 1.62. The van der Waals surface area contributed by atoms with E-state index in [0.717, 1.165) is 5.56 Å². The first kappa shape index (κ1) is 9.02. The van der Waals surface area contributed by atoms with Crippen LogP contribution in [0.15, 0.2) is 35.7 Å². The van der Waals surface area contributed by atoms with Crippen molar-refractivity contribution in [2.45, 2.75) is 6.42 Å². The number of hydrogen-bond acceptors (Lipinski definition) is 4. The van der Waals surface area contributed by atoms with Gasteiger partial charge in [-0.25, -0.2) is 0 Å². The average Bonchev–Trinajstić information content (AvgIpc) is 2.72. The number of aromatic nitrogens is 2. The zero-order chi connectivity index (χ0) is 9.80. The van der Waals surface area contributed by atoms with E-state index in [2.05, 4.69) is 9.59 Å². The first-order valence-electron chi connectivity index (χ1n) is 4.20. The highest BCUT2D eigenvalue weighted by Crippen LogP contribution is 2.05. The molecule has 2 aromatic rings. The van der Waals surface area contributed by atoms with Crippen LogP contribution in [0.3, 0.4) is 0 Å². The third kappa shape index (κ3) is 2.03. The van der Waals surface area contributed by atoms with Crippen LogP contribution in [-0.4, -0.2) is 15.4 Å². The summed E-state index contributed by atoms with van der Waals surface area (Å²) in [4.78, 5) is 11.6. The summed E-state index contributed by atoms with van der Waals surface area (Å²) in [6.07, 6.45) is 0.395. The van der Waals surface area contributed by atoms with Crippen molar-refractivity contribution >= 4 is 17.3 Å². The van der Waals surface area contributed by atoms with Crippen LogP contribution in [0.2, 0.25) is 0 Å². The van der Waals surface area contributed by atoms with Crippen molar-refractivity contribution in [2.75, 3.05) is 0 Å². The third-order valence-corrected chi connectivity index (χ3v) is 2.36. The van der Waals surface area contributed by atoms with Gasteiger partial charge in [0.05, 0.1) is 0 Å². The quantitative estimate of drug-likeness (QED) is 0.718. The Bertz CT molecular complexity index is 411. The predicted octanol–water partition coefficient (Wildman–Crippen LogP) is 1.96. The monoisotopic (exact) mass is 204 g/mol. The van der Waals surface area contributed by atoms with Crippen LogP contribution in [-0.2, 0) is 6.42 Å². The van der Waals surface area contributed by atoms with Crippen LogP contribution in [0.4, 0.5) is 0 Å². The van der Waals surface area contributed by atoms with Crippen molar-refractivity contribution in [3.8, 4) is 0 Å². The van der Waals surface area contributed by atoms with Crippen LogP contribution in [0.1, 0.15) is 16.1 Å². The highest BCUT2D eigenvalue weighted by atomic mass is 32.1. The molecule has 0 fully saturated rings. The van der Waals surface area contributed by atoms with E-state index in [1.807, 2.05) is 30.3 Å². The Hall–Kier alpha value is -1.55. The fraction of sp³-hybridized carbons (Fsp3) is 0.100. The lowest BCUT2D eigenvalue weighted by Crippen LogP contribution is -2.03. The summed E-state index contributed by atoms with van der Waals surface area (Å²) in [5.41, 5.74) is 1.46. The lowest BCUT2D eigenvalue weighted by molar-refractivity contribution is 0.0988. The Morgan fingerprint density at radius 2 is 2.07 bits per heavy atom. The zero-order valence-electron chi connectivity index (χ0n) is 7.38. The molecule has 0 N–H and O–H groups in total. The molecule has 0 atom stereocenters. The van der Waals surface area contributed by atoms with E-state index in [-0.39, 0.29) is 5.78 Å². The lowest BCUT2D eigenvalue weighted by Gasteiger charge is -1.96. The number of ketones is 1. The Labute approximate surface area is 85.6 Å². The van der Waals surface area contributed by atoms with Gasteiger partial charge in [-0.3, -0.25) is 4.79 Å². The van der Waals surface area contributed by atoms with Gasteiger partial charge in [0, 0.05) is 11.8 Å². The predicted molar refractivity (Wildman–Crippen MR) is 54.4 cm³/mol. The number of carbonyl (C=O) groups excluding carboxylic acids is 1. The van der Waals surface area contributed by atoms with Gasteiger partial charge in [0.15, 0.2) is 5.78 Å². The second-order valence-corrected chi connectivity index (χ2v) is 3.49. The molecule has 1 aromatic heterocycles. The van der Waals surface area contributed by atoms with Crippen molar-refractivity contribution in [3.63, 3.8) is 0 Å². The van der Waals surface area contributed by atoms with Gasteiger partial charge in [0.1, 0.15) is 5.69 Å². The molecular formula is C10H8N2OS. The summed E-state index contributed by atoms with van der Waals surface area (Å²) in [6, 6.07) is 9.62. The van der Waals surface area contributed by atoms with Gasteiger partial charge in [-0.1, -0.05) is 34.8 Å². The van der Waals surface area contributed by atoms with Crippen LogP contribution < -0.4 is 0 Å². The topological polar surface area (TPSA) is 42.9 Å². The summed E-state index contributed by atoms with van der Waals surface area (Å²) in [5, 5.41) is 5.40. The van der Waals surface area contributed by atoms with E-state index < -0.39 is 0 Å². The number of Topliss-reactive ketones (excluding diaryl/α,β-unsaturated/α-hetero) is 1. The van der Waals surface area contributed by atoms with Crippen molar-refractivity contribution < 1.29 is 4.79 Å². The van der Waals surface area contributed by atoms with Crippen molar-refractivity contribution in [3.05, 3.63) is 47.0 Å². The van der Waals surface area contributed by atoms with Gasteiger partial charge >= 0.3 is 0 Å². The number of carbonyl (C=O) groups is 1. The molecule has 0 radical (unpaired) electrons. The van der Waals surface area contributed by atoms with Gasteiger partial charge in [-0.2, -0.15) is 0 Å². The smallest absolute Gasteiger partial charge is 0.188 e. The van der Waals surface area contributed by atoms with Gasteiger partial charge in [-0.05, 0) is 17.1 Å². The Kier molecular flexibility index (Phi) is 2.65. The van der Waals surface area contributed by atoms with Crippen LogP contribution in [0, 0.1) is 0 Å². The van der Waals surface area contributed by atoms with E-state index in [4.69, 9.17) is 0 Å². The lowest BCUT2D eigenvalue weighted by atomic mass is 10.1. The van der Waals surface area contributed by atoms with Gasteiger partial charge in [0.2, 0.25) is 0 Å². The zero-order valence-corrected chi connectivity index (χ0v) is 8.20. The fourth-order valence-electron chi connectivity index (χ4n) is 1.16. The standard InChI is InChI=1S/C10H8N2OS/c13-10(9-7-14-12-11-9)6-8-4-2-1-3-5-8/h1-5,7H,6H2. The second-order valence-electron chi connectivity index (χ2n) is 2.88. The summed E-state index contributed by atoms with van der Waals surface area (Å²) >= 11 is 1.20. The minimum absolute atomic E-state index is 0.0185. The number of hydrogen-bond donors (Lipinski definition) is 0. The van der Waals surface area contributed by atoms with Crippen LogP contribution >= 0.6 is 11.5 Å². The molecular weight excluding hydrogens is 196 g/mol. The maximum absolute atomic E-state index is 11.6. The molecule has 1 heterocycles. The first-order valence-corrected chi connectivity index (χ1v) is 5.04. The molecule has 0 aliphatic rings. The molecule has 0 saturated carbocycles. The highest BCUT2D eigenvalue weighted by molar-refractivity contribution is 7.03. The summed E-state index contributed by atoms with van der Waals surface area (Å²) in [7, 11) is 0. The van der Waals surface area contributed by atoms with E-state index in [0.29, 0.717) is 12.1 Å². The summed E-state index contributed by atoms with van der Waals surface area (Å²) < 4.78 is 3.66. The molecule has 0 aliphatic carbocycles. The molecule has 0 saturated heterocycles. The molecule has 14 heavy (non-hydrogen) atoms. The van der Waals surface area contributed by atoms with E-state index in [1.165, 1.54) is 11.5 Å². The summed E-state index contributed by atoms with van der Waals surface area (Å²) in [5.74, 6) is 0.0185. The Morgan fingerprint density at radius 3 is 2.71 bits per heavy atom. The van der Waals surface area contributed by atoms with Crippen molar-refractivity contribution in [1.82, 2.24) is 9.59 Å². The number of nitrogens with zero attached hydrogens (tertiary/aromatic N) is 2. The van der Waals surface area contributed by atoms with Gasteiger partial charge < -0.3 is 0 Å². The molecule has 4 heteroatoms. The third-order valence-electron chi connectivity index (χ3n) is 1.85. The first-order chi connectivity index (χ1) is 6.86. The molecule has 3 nitrogen and oxygen atoms in total. The maximum atomic E-state index is 11.6. The molecule has 1 aromatic carbocycles.